The average molecular weight is 482 g/mol. The van der Waals surface area contributed by atoms with Crippen molar-refractivity contribution in [1.29, 1.82) is 0 Å². The van der Waals surface area contributed by atoms with Gasteiger partial charge < -0.3 is 4.74 Å². The van der Waals surface area contributed by atoms with Gasteiger partial charge in [-0.1, -0.05) is 41.4 Å². The first-order valence-corrected chi connectivity index (χ1v) is 11.0. The van der Waals surface area contributed by atoms with E-state index in [1.54, 1.807) is 61.5 Å². The third kappa shape index (κ3) is 4.33. The second-order valence-electron chi connectivity index (χ2n) is 8.17. The summed E-state index contributed by atoms with van der Waals surface area (Å²) in [7, 11) is 1.47. The van der Waals surface area contributed by atoms with Gasteiger partial charge >= 0.3 is 5.92 Å². The van der Waals surface area contributed by atoms with Gasteiger partial charge in [-0.3, -0.25) is 14.2 Å². The number of Topliss-reactive ketones (excluding diaryl/α,β-unsaturated/α-hetero) is 1. The summed E-state index contributed by atoms with van der Waals surface area (Å²) >= 11 is 5.94. The van der Waals surface area contributed by atoms with Crippen molar-refractivity contribution in [3.63, 3.8) is 0 Å². The van der Waals surface area contributed by atoms with Gasteiger partial charge in [0.25, 0.3) is 5.91 Å². The highest BCUT2D eigenvalue weighted by Gasteiger charge is 2.41. The summed E-state index contributed by atoms with van der Waals surface area (Å²) in [6.07, 6.45) is -0.851. The van der Waals surface area contributed by atoms with Crippen molar-refractivity contribution in [2.45, 2.75) is 26.2 Å². The number of nitrogens with zero attached hydrogens (tertiary/aromatic N) is 1. The topological polar surface area (TPSA) is 48.3 Å². The lowest BCUT2D eigenvalue weighted by Crippen LogP contribution is -2.31. The molecule has 0 N–H and O–H groups in total. The maximum atomic E-state index is 15.3. The van der Waals surface area contributed by atoms with E-state index in [0.717, 1.165) is 5.56 Å². The van der Waals surface area contributed by atoms with E-state index in [1.807, 2.05) is 6.92 Å². The Bertz CT molecular complexity index is 1390. The van der Waals surface area contributed by atoms with Crippen molar-refractivity contribution in [2.75, 3.05) is 7.11 Å². The second-order valence-corrected chi connectivity index (χ2v) is 8.61. The van der Waals surface area contributed by atoms with Crippen LogP contribution in [0.3, 0.4) is 0 Å². The molecule has 0 atom stereocenters. The van der Waals surface area contributed by atoms with Gasteiger partial charge in [-0.15, -0.1) is 0 Å². The van der Waals surface area contributed by atoms with Gasteiger partial charge in [0.05, 0.1) is 12.6 Å². The minimum absolute atomic E-state index is 0.0631. The van der Waals surface area contributed by atoms with Gasteiger partial charge in [0, 0.05) is 33.7 Å². The van der Waals surface area contributed by atoms with Crippen LogP contribution in [-0.4, -0.2) is 29.3 Å². The summed E-state index contributed by atoms with van der Waals surface area (Å²) in [6, 6.07) is 17.3. The monoisotopic (exact) mass is 481 g/mol. The predicted octanol–water partition coefficient (Wildman–Crippen LogP) is 6.67. The summed E-state index contributed by atoms with van der Waals surface area (Å²) in [5, 5.41) is 0.904. The van der Waals surface area contributed by atoms with Crippen molar-refractivity contribution in [2.24, 2.45) is 0 Å². The van der Waals surface area contributed by atoms with Gasteiger partial charge in [-0.25, -0.2) is 0 Å². The first kappa shape index (κ1) is 23.6. The normalized spacial score (nSPS) is 11.6. The third-order valence-corrected chi connectivity index (χ3v) is 6.13. The minimum Gasteiger partial charge on any atom is -0.497 e. The number of hydrogen-bond acceptors (Lipinski definition) is 3. The van der Waals surface area contributed by atoms with Gasteiger partial charge in [-0.05, 0) is 61.9 Å². The Hall–Kier alpha value is -3.51. The van der Waals surface area contributed by atoms with E-state index in [0.29, 0.717) is 32.9 Å². The first-order chi connectivity index (χ1) is 16.1. The maximum Gasteiger partial charge on any atom is 0.313 e. The largest absolute Gasteiger partial charge is 0.497 e. The van der Waals surface area contributed by atoms with Crippen LogP contribution in [0, 0.1) is 13.8 Å². The van der Waals surface area contributed by atoms with Gasteiger partial charge in [0.2, 0.25) is 5.78 Å². The molecule has 3 aromatic carbocycles. The molecule has 4 aromatic rings. The Morgan fingerprint density at radius 1 is 0.941 bits per heavy atom. The van der Waals surface area contributed by atoms with Crippen molar-refractivity contribution in [3.8, 4) is 5.75 Å². The van der Waals surface area contributed by atoms with Crippen LogP contribution in [-0.2, 0) is 6.42 Å². The zero-order valence-electron chi connectivity index (χ0n) is 18.9. The molecule has 0 radical (unpaired) electrons. The molecule has 0 spiro atoms. The quantitative estimate of drug-likeness (QED) is 0.289. The number of aromatic nitrogens is 1. The van der Waals surface area contributed by atoms with Crippen LogP contribution in [0.15, 0.2) is 66.7 Å². The van der Waals surface area contributed by atoms with Crippen LogP contribution >= 0.6 is 11.6 Å². The maximum absolute atomic E-state index is 15.3. The lowest BCUT2D eigenvalue weighted by Gasteiger charge is -2.16. The molecule has 7 heteroatoms. The highest BCUT2D eigenvalue weighted by molar-refractivity contribution is 6.30. The molecule has 4 rings (SSSR count). The molecule has 0 saturated carbocycles. The number of alkyl halides is 2. The fraction of sp³-hybridized carbons (Fsp3) is 0.185. The SMILES string of the molecule is COc1ccc2c(c1)c(CC(F)(F)C(=O)c1ccc(C)cc1)c(C)n2C(=O)c1ccc(Cl)cc1. The van der Waals surface area contributed by atoms with Crippen LogP contribution < -0.4 is 4.74 Å². The molecular weight excluding hydrogens is 460 g/mol. The number of carbonyl (C=O) groups excluding carboxylic acids is 2. The highest BCUT2D eigenvalue weighted by Crippen LogP contribution is 2.35. The number of methoxy groups -OCH3 is 1. The van der Waals surface area contributed by atoms with Gasteiger partial charge in [-0.2, -0.15) is 8.78 Å². The molecule has 1 aromatic heterocycles. The van der Waals surface area contributed by atoms with Crippen molar-refractivity contribution >= 4 is 34.2 Å². The summed E-state index contributed by atoms with van der Waals surface area (Å²) in [5.74, 6) is -4.87. The number of halogens is 3. The van der Waals surface area contributed by atoms with E-state index in [-0.39, 0.29) is 17.0 Å². The Morgan fingerprint density at radius 3 is 2.18 bits per heavy atom. The molecule has 4 nitrogen and oxygen atoms in total. The van der Waals surface area contributed by atoms with E-state index in [1.165, 1.54) is 23.8 Å². The number of ketones is 1. The fourth-order valence-electron chi connectivity index (χ4n) is 4.01. The zero-order valence-corrected chi connectivity index (χ0v) is 19.6. The van der Waals surface area contributed by atoms with E-state index >= 15 is 8.78 Å². The molecule has 34 heavy (non-hydrogen) atoms. The van der Waals surface area contributed by atoms with Crippen LogP contribution in [0.5, 0.6) is 5.75 Å². The van der Waals surface area contributed by atoms with Gasteiger partial charge in [0.15, 0.2) is 0 Å². The number of hydrogen-bond donors (Lipinski definition) is 0. The van der Waals surface area contributed by atoms with E-state index in [2.05, 4.69) is 0 Å². The number of aryl methyl sites for hydroxylation is 1. The number of benzene rings is 3. The molecule has 0 unspecified atom stereocenters. The van der Waals surface area contributed by atoms with E-state index in [9.17, 15) is 9.59 Å². The molecule has 0 aliphatic heterocycles. The summed E-state index contributed by atoms with van der Waals surface area (Å²) < 4.78 is 37.2. The molecule has 0 bridgehead atoms. The fourth-order valence-corrected chi connectivity index (χ4v) is 4.14. The number of rotatable bonds is 6. The Kier molecular flexibility index (Phi) is 6.28. The molecule has 1 heterocycles. The second kappa shape index (κ2) is 9.03. The summed E-state index contributed by atoms with van der Waals surface area (Å²) in [5.41, 5.74) is 2.15. The molecule has 0 amide bonds. The summed E-state index contributed by atoms with van der Waals surface area (Å²) in [6.45, 7) is 3.41. The number of carbonyl (C=O) groups is 2. The smallest absolute Gasteiger partial charge is 0.313 e. The molecule has 0 aliphatic rings. The van der Waals surface area contributed by atoms with Crippen LogP contribution in [0.4, 0.5) is 8.78 Å². The first-order valence-electron chi connectivity index (χ1n) is 10.6. The standard InChI is InChI=1S/C27H22ClF2NO3/c1-16-4-6-18(7-5-16)25(32)27(29,30)15-23-17(2)31(24-13-12-21(34-3)14-22(23)24)26(33)19-8-10-20(28)11-9-19/h4-14H,15H2,1-3H3. The third-order valence-electron chi connectivity index (χ3n) is 5.88. The molecule has 174 valence electrons. The zero-order chi connectivity index (χ0) is 24.6. The lowest BCUT2D eigenvalue weighted by molar-refractivity contribution is 0.0107. The molecule has 0 fully saturated rings. The average Bonchev–Trinajstić information content (AvgIpc) is 3.09. The molecule has 0 aliphatic carbocycles. The van der Waals surface area contributed by atoms with Crippen LogP contribution in [0.25, 0.3) is 10.9 Å². The van der Waals surface area contributed by atoms with Crippen LogP contribution in [0.2, 0.25) is 5.02 Å². The van der Waals surface area contributed by atoms with Crippen molar-refractivity contribution < 1.29 is 23.1 Å². The highest BCUT2D eigenvalue weighted by atomic mass is 35.5. The lowest BCUT2D eigenvalue weighted by atomic mass is 9.96. The number of ether oxygens (including phenoxy) is 1. The van der Waals surface area contributed by atoms with Gasteiger partial charge in [0.1, 0.15) is 5.75 Å². The summed E-state index contributed by atoms with van der Waals surface area (Å²) in [4.78, 5) is 26.0. The minimum atomic E-state index is -3.68. The Morgan fingerprint density at radius 2 is 1.56 bits per heavy atom. The molecular formula is C27H22ClF2NO3. The van der Waals surface area contributed by atoms with Crippen molar-refractivity contribution in [3.05, 3.63) is 99.7 Å². The predicted molar refractivity (Wildman–Crippen MR) is 129 cm³/mol. The van der Waals surface area contributed by atoms with Crippen LogP contribution in [0.1, 0.15) is 37.5 Å². The number of fused-ring (bicyclic) bond motifs is 1. The van der Waals surface area contributed by atoms with Crippen molar-refractivity contribution in [1.82, 2.24) is 4.57 Å². The Balaban J connectivity index is 1.82. The van der Waals surface area contributed by atoms with E-state index in [4.69, 9.17) is 16.3 Å². The molecule has 0 saturated heterocycles. The van der Waals surface area contributed by atoms with E-state index < -0.39 is 18.1 Å². The Labute approximate surface area is 200 Å².